The molecule has 4 heteroatoms. The maximum Gasteiger partial charge on any atom is 0.310 e. The molecule has 0 aromatic heterocycles. The van der Waals surface area contributed by atoms with Crippen LogP contribution in [0.25, 0.3) is 0 Å². The van der Waals surface area contributed by atoms with Gasteiger partial charge in [-0.15, -0.1) is 0 Å². The Hall–Kier alpha value is -0.610. The van der Waals surface area contributed by atoms with Crippen LogP contribution < -0.4 is 0 Å². The summed E-state index contributed by atoms with van der Waals surface area (Å²) in [6, 6.07) is 0.539. The first kappa shape index (κ1) is 7.76. The molecule has 0 radical (unpaired) electrons. The van der Waals surface area contributed by atoms with E-state index in [0.29, 0.717) is 12.1 Å². The molecule has 0 aromatic carbocycles. The predicted molar refractivity (Wildman–Crippen MR) is 44.4 cm³/mol. The highest BCUT2D eigenvalue weighted by Crippen LogP contribution is 2.48. The SMILES string of the molecule is O=C(O)C1(CN2C[C@@H]3OCC32)CC1. The molecule has 2 atom stereocenters. The Morgan fingerprint density at radius 3 is 2.69 bits per heavy atom. The van der Waals surface area contributed by atoms with Gasteiger partial charge in [-0.25, -0.2) is 0 Å². The van der Waals surface area contributed by atoms with Crippen LogP contribution in [0.2, 0.25) is 0 Å². The molecule has 4 nitrogen and oxygen atoms in total. The smallest absolute Gasteiger partial charge is 0.310 e. The molecule has 13 heavy (non-hydrogen) atoms. The van der Waals surface area contributed by atoms with Gasteiger partial charge in [0.15, 0.2) is 0 Å². The summed E-state index contributed by atoms with van der Waals surface area (Å²) in [5.74, 6) is -0.615. The topological polar surface area (TPSA) is 49.8 Å². The molecule has 2 aliphatic heterocycles. The average molecular weight is 183 g/mol. The average Bonchev–Trinajstić information content (AvgIpc) is 2.80. The minimum absolute atomic E-state index is 0.388. The lowest BCUT2D eigenvalue weighted by atomic mass is 9.92. The summed E-state index contributed by atoms with van der Waals surface area (Å²) >= 11 is 0. The van der Waals surface area contributed by atoms with Crippen molar-refractivity contribution < 1.29 is 14.6 Å². The third kappa shape index (κ3) is 0.957. The number of carboxylic acids is 1. The zero-order valence-corrected chi connectivity index (χ0v) is 7.40. The first-order valence-electron chi connectivity index (χ1n) is 4.80. The Kier molecular flexibility index (Phi) is 1.34. The van der Waals surface area contributed by atoms with Crippen LogP contribution in [0.1, 0.15) is 12.8 Å². The van der Waals surface area contributed by atoms with Gasteiger partial charge in [0, 0.05) is 13.1 Å². The third-order valence-corrected chi connectivity index (χ3v) is 3.61. The van der Waals surface area contributed by atoms with Crippen LogP contribution in [0.4, 0.5) is 0 Å². The Morgan fingerprint density at radius 2 is 2.38 bits per heavy atom. The molecule has 2 saturated heterocycles. The van der Waals surface area contributed by atoms with Gasteiger partial charge in [-0.05, 0) is 12.8 Å². The number of hydrogen-bond donors (Lipinski definition) is 1. The van der Waals surface area contributed by atoms with Gasteiger partial charge in [0.05, 0.1) is 24.2 Å². The summed E-state index contributed by atoms with van der Waals surface area (Å²) in [5.41, 5.74) is -0.388. The Labute approximate surface area is 76.5 Å². The molecular weight excluding hydrogens is 170 g/mol. The highest BCUT2D eigenvalue weighted by molar-refractivity contribution is 5.78. The first-order valence-corrected chi connectivity index (χ1v) is 4.80. The first-order chi connectivity index (χ1) is 6.21. The molecule has 0 bridgehead atoms. The van der Waals surface area contributed by atoms with Crippen LogP contribution in [0.15, 0.2) is 0 Å². The fourth-order valence-electron chi connectivity index (χ4n) is 2.22. The maximum absolute atomic E-state index is 10.9. The molecule has 0 spiro atoms. The normalized spacial score (nSPS) is 40.0. The number of carbonyl (C=O) groups is 1. The standard InChI is InChI=1S/C9H13NO3/c11-8(12)9(1-2-9)5-10-3-7-6(10)4-13-7/h6-7H,1-5H2,(H,11,12)/t6?,7-/m0/s1. The number of fused-ring (bicyclic) bond motifs is 1. The second kappa shape index (κ2) is 2.25. The number of likely N-dealkylation sites (tertiary alicyclic amines) is 1. The molecule has 2 heterocycles. The maximum atomic E-state index is 10.9. The summed E-state index contributed by atoms with van der Waals surface area (Å²) in [7, 11) is 0. The molecule has 1 aliphatic carbocycles. The van der Waals surface area contributed by atoms with Crippen molar-refractivity contribution in [3.63, 3.8) is 0 Å². The summed E-state index contributed by atoms with van der Waals surface area (Å²) in [5, 5.41) is 8.98. The quantitative estimate of drug-likeness (QED) is 0.665. The van der Waals surface area contributed by atoms with Crippen LogP contribution in [0.3, 0.4) is 0 Å². The van der Waals surface area contributed by atoms with Gasteiger partial charge in [-0.3, -0.25) is 9.69 Å². The van der Waals surface area contributed by atoms with Crippen molar-refractivity contribution in [3.8, 4) is 0 Å². The lowest BCUT2D eigenvalue weighted by Gasteiger charge is -2.55. The van der Waals surface area contributed by atoms with Gasteiger partial charge in [-0.2, -0.15) is 0 Å². The predicted octanol–water partition coefficient (Wildman–Crippen LogP) is -0.0658. The van der Waals surface area contributed by atoms with E-state index in [9.17, 15) is 4.79 Å². The third-order valence-electron chi connectivity index (χ3n) is 3.61. The Morgan fingerprint density at radius 1 is 1.62 bits per heavy atom. The molecule has 0 amide bonds. The highest BCUT2D eigenvalue weighted by Gasteiger charge is 2.56. The van der Waals surface area contributed by atoms with E-state index in [0.717, 1.165) is 32.5 Å². The van der Waals surface area contributed by atoms with E-state index in [1.54, 1.807) is 0 Å². The lowest BCUT2D eigenvalue weighted by molar-refractivity contribution is -0.219. The lowest BCUT2D eigenvalue weighted by Crippen LogP contribution is -2.71. The second-order valence-electron chi connectivity index (χ2n) is 4.45. The van der Waals surface area contributed by atoms with Crippen LogP contribution in [0.5, 0.6) is 0 Å². The van der Waals surface area contributed by atoms with E-state index < -0.39 is 5.97 Å². The van der Waals surface area contributed by atoms with E-state index >= 15 is 0 Å². The van der Waals surface area contributed by atoms with Crippen molar-refractivity contribution >= 4 is 5.97 Å². The van der Waals surface area contributed by atoms with Crippen LogP contribution >= 0.6 is 0 Å². The number of rotatable bonds is 3. The molecular formula is C9H13NO3. The largest absolute Gasteiger partial charge is 0.481 e. The fraction of sp³-hybridized carbons (Fsp3) is 0.889. The minimum Gasteiger partial charge on any atom is -0.481 e. The summed E-state index contributed by atoms with van der Waals surface area (Å²) < 4.78 is 5.27. The zero-order valence-electron chi connectivity index (χ0n) is 7.40. The zero-order chi connectivity index (χ0) is 9.05. The second-order valence-corrected chi connectivity index (χ2v) is 4.45. The fourth-order valence-corrected chi connectivity index (χ4v) is 2.22. The van der Waals surface area contributed by atoms with Crippen LogP contribution in [-0.2, 0) is 9.53 Å². The number of morpholine rings is 1. The van der Waals surface area contributed by atoms with E-state index in [1.807, 2.05) is 0 Å². The monoisotopic (exact) mass is 183 g/mol. The summed E-state index contributed by atoms with van der Waals surface area (Å²) in [6.07, 6.45) is 2.14. The minimum atomic E-state index is -0.615. The van der Waals surface area contributed by atoms with Gasteiger partial charge in [-0.1, -0.05) is 0 Å². The molecule has 3 rings (SSSR count). The number of hydrogen-bond acceptors (Lipinski definition) is 3. The van der Waals surface area contributed by atoms with Crippen LogP contribution in [0, 0.1) is 5.41 Å². The van der Waals surface area contributed by atoms with Crippen LogP contribution in [-0.4, -0.2) is 47.8 Å². The molecule has 1 saturated carbocycles. The molecule has 1 N–H and O–H groups in total. The molecule has 1 unspecified atom stereocenters. The van der Waals surface area contributed by atoms with E-state index in [4.69, 9.17) is 9.84 Å². The molecule has 3 aliphatic rings. The van der Waals surface area contributed by atoms with E-state index in [-0.39, 0.29) is 5.41 Å². The molecule has 0 aromatic rings. The van der Waals surface area contributed by atoms with E-state index in [1.165, 1.54) is 0 Å². The summed E-state index contributed by atoms with van der Waals surface area (Å²) in [4.78, 5) is 13.2. The Bertz CT molecular complexity index is 262. The highest BCUT2D eigenvalue weighted by atomic mass is 16.5. The van der Waals surface area contributed by atoms with Crippen molar-refractivity contribution in [1.29, 1.82) is 0 Å². The van der Waals surface area contributed by atoms with Gasteiger partial charge in [0.25, 0.3) is 0 Å². The van der Waals surface area contributed by atoms with E-state index in [2.05, 4.69) is 4.90 Å². The van der Waals surface area contributed by atoms with Crippen molar-refractivity contribution in [2.45, 2.75) is 25.0 Å². The molecule has 72 valence electrons. The number of carboxylic acid groups (broad SMARTS) is 1. The molecule has 3 fully saturated rings. The van der Waals surface area contributed by atoms with Gasteiger partial charge < -0.3 is 9.84 Å². The summed E-state index contributed by atoms with van der Waals surface area (Å²) in [6.45, 7) is 2.49. The van der Waals surface area contributed by atoms with Crippen molar-refractivity contribution in [2.75, 3.05) is 19.7 Å². The number of nitrogens with zero attached hydrogens (tertiary/aromatic N) is 1. The van der Waals surface area contributed by atoms with Crippen molar-refractivity contribution in [2.24, 2.45) is 5.41 Å². The Balaban J connectivity index is 1.61. The number of ether oxygens (including phenoxy) is 1. The van der Waals surface area contributed by atoms with Gasteiger partial charge in [0.2, 0.25) is 0 Å². The number of aliphatic carboxylic acids is 1. The van der Waals surface area contributed by atoms with Gasteiger partial charge in [0.1, 0.15) is 0 Å². The van der Waals surface area contributed by atoms with Gasteiger partial charge >= 0.3 is 5.97 Å². The van der Waals surface area contributed by atoms with Crippen molar-refractivity contribution in [3.05, 3.63) is 0 Å². The van der Waals surface area contributed by atoms with Crippen molar-refractivity contribution in [1.82, 2.24) is 4.90 Å².